The van der Waals surface area contributed by atoms with Crippen molar-refractivity contribution in [1.82, 2.24) is 0 Å². The van der Waals surface area contributed by atoms with Crippen molar-refractivity contribution in [2.75, 3.05) is 9.71 Å². The van der Waals surface area contributed by atoms with Gasteiger partial charge >= 0.3 is 6.85 Å². The van der Waals surface area contributed by atoms with E-state index >= 15 is 0 Å². The highest BCUT2D eigenvalue weighted by Gasteiger charge is 2.49. The van der Waals surface area contributed by atoms with Crippen LogP contribution in [0, 0.1) is 6.92 Å². The Bertz CT molecular complexity index is 3100. The van der Waals surface area contributed by atoms with Crippen molar-refractivity contribution >= 4 is 79.3 Å². The molecule has 0 aliphatic carbocycles. The molecule has 0 radical (unpaired) electrons. The first-order valence-electron chi connectivity index (χ1n) is 20.5. The van der Waals surface area contributed by atoms with Gasteiger partial charge in [0.05, 0.1) is 11.4 Å². The summed E-state index contributed by atoms with van der Waals surface area (Å²) in [6, 6.07) is 53.3. The summed E-state index contributed by atoms with van der Waals surface area (Å²) >= 11 is 0. The van der Waals surface area contributed by atoms with Gasteiger partial charge in [-0.25, -0.2) is 0 Å². The molecular formula is C53H45BN2O2. The van der Waals surface area contributed by atoms with E-state index in [1.807, 2.05) is 0 Å². The molecule has 2 aromatic heterocycles. The highest BCUT2D eigenvalue weighted by Crippen LogP contribution is 2.53. The second kappa shape index (κ2) is 12.3. The second-order valence-corrected chi connectivity index (χ2v) is 18.2. The van der Waals surface area contributed by atoms with Gasteiger partial charge in [-0.3, -0.25) is 0 Å². The van der Waals surface area contributed by atoms with Gasteiger partial charge in [-0.05, 0) is 112 Å². The molecule has 282 valence electrons. The number of aryl methyl sites for hydroxylation is 1. The number of hydrogen-bond acceptors (Lipinski definition) is 4. The number of nitrogens with zero attached hydrogens (tertiary/aromatic N) is 2. The molecule has 2 aliphatic heterocycles. The van der Waals surface area contributed by atoms with Crippen molar-refractivity contribution in [3.63, 3.8) is 0 Å². The summed E-state index contributed by atoms with van der Waals surface area (Å²) < 4.78 is 13.8. The molecule has 5 heteroatoms. The van der Waals surface area contributed by atoms with E-state index in [0.29, 0.717) is 0 Å². The maximum atomic E-state index is 7.23. The average molecular weight is 753 g/mol. The van der Waals surface area contributed by atoms with Gasteiger partial charge in [0.25, 0.3) is 0 Å². The molecule has 7 aromatic carbocycles. The van der Waals surface area contributed by atoms with E-state index in [0.717, 1.165) is 67.0 Å². The Labute approximate surface area is 340 Å². The van der Waals surface area contributed by atoms with E-state index in [9.17, 15) is 0 Å². The normalized spacial score (nSPS) is 13.7. The lowest BCUT2D eigenvalue weighted by molar-refractivity contribution is 0.590. The molecular weight excluding hydrogens is 707 g/mol. The standard InChI is InChI=1S/C53H45BN2O2/c1-32-29-40-47-42(27-28-46-48(47)37-17-11-13-19-44(37)57-46)56(36-24-21-34(22-25-36)52(2,3)4)54-49(40)43(30-32)55(50-38-18-12-14-20-45(38)58-51(50)54)41-26-23-35(53(5,6)7)31-39(41)33-15-9-8-10-16-33/h8-31H,1-7H3. The van der Waals surface area contributed by atoms with Gasteiger partial charge in [-0.15, -0.1) is 0 Å². The molecule has 58 heavy (non-hydrogen) atoms. The third-order valence-electron chi connectivity index (χ3n) is 12.4. The Morgan fingerprint density at radius 2 is 1.16 bits per heavy atom. The molecule has 0 saturated carbocycles. The van der Waals surface area contributed by atoms with E-state index in [2.05, 4.69) is 204 Å². The van der Waals surface area contributed by atoms with Crippen LogP contribution in [0.1, 0.15) is 58.2 Å². The maximum Gasteiger partial charge on any atom is 0.375 e. The van der Waals surface area contributed by atoms with Gasteiger partial charge in [0.1, 0.15) is 22.4 Å². The SMILES string of the molecule is Cc1cc2c3c(c1)N(c1ccc(C(C)(C)C)cc1-c1ccccc1)c1c(oc4ccccc14)B3N(c1ccc(C(C)(C)C)cc1)c1ccc3oc4ccccc4c3c1-2. The van der Waals surface area contributed by atoms with Crippen molar-refractivity contribution in [1.29, 1.82) is 0 Å². The van der Waals surface area contributed by atoms with Crippen LogP contribution in [0.25, 0.3) is 55.2 Å². The van der Waals surface area contributed by atoms with Gasteiger partial charge in [-0.1, -0.05) is 126 Å². The summed E-state index contributed by atoms with van der Waals surface area (Å²) in [6.07, 6.45) is 0. The van der Waals surface area contributed by atoms with E-state index in [-0.39, 0.29) is 17.7 Å². The summed E-state index contributed by atoms with van der Waals surface area (Å²) in [7, 11) is 0. The van der Waals surface area contributed by atoms with Crippen LogP contribution < -0.4 is 20.8 Å². The van der Waals surface area contributed by atoms with Crippen LogP contribution in [-0.2, 0) is 10.8 Å². The quantitative estimate of drug-likeness (QED) is 0.168. The molecule has 0 atom stereocenters. The van der Waals surface area contributed by atoms with E-state index in [1.54, 1.807) is 0 Å². The molecule has 2 aliphatic rings. The Kier molecular flexibility index (Phi) is 7.36. The fourth-order valence-electron chi connectivity index (χ4n) is 9.55. The number of para-hydroxylation sites is 2. The molecule has 0 unspecified atom stereocenters. The largest absolute Gasteiger partial charge is 0.466 e. The van der Waals surface area contributed by atoms with Crippen molar-refractivity contribution in [2.45, 2.75) is 59.3 Å². The van der Waals surface area contributed by atoms with E-state index in [4.69, 9.17) is 8.83 Å². The van der Waals surface area contributed by atoms with Crippen LogP contribution in [-0.4, -0.2) is 6.85 Å². The minimum absolute atomic E-state index is 0.0216. The first-order valence-corrected chi connectivity index (χ1v) is 20.5. The molecule has 4 heterocycles. The smallest absolute Gasteiger partial charge is 0.375 e. The zero-order valence-corrected chi connectivity index (χ0v) is 34.1. The number of furan rings is 2. The fourth-order valence-corrected chi connectivity index (χ4v) is 9.55. The van der Waals surface area contributed by atoms with Crippen LogP contribution in [0.2, 0.25) is 0 Å². The number of hydrogen-bond donors (Lipinski definition) is 0. The molecule has 0 saturated heterocycles. The molecule has 0 fully saturated rings. The Balaban J connectivity index is 1.29. The molecule has 4 nitrogen and oxygen atoms in total. The predicted octanol–water partition coefficient (Wildman–Crippen LogP) is 13.6. The van der Waals surface area contributed by atoms with Crippen LogP contribution in [0.15, 0.2) is 154 Å². The van der Waals surface area contributed by atoms with Crippen LogP contribution in [0.3, 0.4) is 0 Å². The number of anilines is 5. The second-order valence-electron chi connectivity index (χ2n) is 18.2. The Hall–Kier alpha value is -6.46. The van der Waals surface area contributed by atoms with Crippen LogP contribution in [0.5, 0.6) is 0 Å². The monoisotopic (exact) mass is 752 g/mol. The first kappa shape index (κ1) is 34.8. The number of benzene rings is 7. The molecule has 0 bridgehead atoms. The molecule has 0 amide bonds. The summed E-state index contributed by atoms with van der Waals surface area (Å²) in [4.78, 5) is 5.04. The van der Waals surface area contributed by atoms with Crippen molar-refractivity contribution in [2.24, 2.45) is 0 Å². The third-order valence-corrected chi connectivity index (χ3v) is 12.4. The minimum Gasteiger partial charge on any atom is -0.466 e. The minimum atomic E-state index is -0.248. The third kappa shape index (κ3) is 5.08. The topological polar surface area (TPSA) is 32.8 Å². The highest BCUT2D eigenvalue weighted by molar-refractivity contribution is 6.93. The number of rotatable bonds is 3. The molecule has 0 N–H and O–H groups in total. The summed E-state index contributed by atoms with van der Waals surface area (Å²) in [5.74, 6) is 0. The zero-order chi connectivity index (χ0) is 39.7. The van der Waals surface area contributed by atoms with Gasteiger partial charge in [-0.2, -0.15) is 0 Å². The zero-order valence-electron chi connectivity index (χ0n) is 34.1. The fraction of sp³-hybridized carbons (Fsp3) is 0.170. The maximum absolute atomic E-state index is 7.23. The van der Waals surface area contributed by atoms with E-state index < -0.39 is 0 Å². The highest BCUT2D eigenvalue weighted by atomic mass is 16.3. The molecule has 9 aromatic rings. The van der Waals surface area contributed by atoms with Crippen LogP contribution >= 0.6 is 0 Å². The van der Waals surface area contributed by atoms with Gasteiger partial charge in [0.15, 0.2) is 0 Å². The Morgan fingerprint density at radius 1 is 0.517 bits per heavy atom. The van der Waals surface area contributed by atoms with Crippen LogP contribution in [0.4, 0.5) is 28.4 Å². The lowest BCUT2D eigenvalue weighted by Crippen LogP contribution is -2.61. The predicted molar refractivity (Wildman–Crippen MR) is 245 cm³/mol. The van der Waals surface area contributed by atoms with Gasteiger partial charge < -0.3 is 18.5 Å². The summed E-state index contributed by atoms with van der Waals surface area (Å²) in [6.45, 7) is 15.7. The average Bonchev–Trinajstić information content (AvgIpc) is 3.79. The first-order chi connectivity index (χ1) is 28.0. The van der Waals surface area contributed by atoms with Gasteiger partial charge in [0, 0.05) is 44.3 Å². The van der Waals surface area contributed by atoms with Crippen molar-refractivity contribution < 1.29 is 8.83 Å². The number of fused-ring (bicyclic) bond motifs is 10. The summed E-state index contributed by atoms with van der Waals surface area (Å²) in [5, 5.41) is 3.35. The van der Waals surface area contributed by atoms with Gasteiger partial charge in [0.2, 0.25) is 0 Å². The van der Waals surface area contributed by atoms with Crippen molar-refractivity contribution in [3.05, 3.63) is 162 Å². The Morgan fingerprint density at radius 3 is 1.88 bits per heavy atom. The lowest BCUT2D eigenvalue weighted by Gasteiger charge is -2.44. The molecule has 11 rings (SSSR count). The van der Waals surface area contributed by atoms with Crippen molar-refractivity contribution in [3.8, 4) is 22.3 Å². The van der Waals surface area contributed by atoms with E-state index in [1.165, 1.54) is 44.4 Å². The summed E-state index contributed by atoms with van der Waals surface area (Å²) in [5.41, 5.74) is 19.0. The lowest BCUT2D eigenvalue weighted by atomic mass is 9.45. The molecule has 0 spiro atoms.